The van der Waals surface area contributed by atoms with Gasteiger partial charge in [-0.05, 0) is 53.3 Å². The van der Waals surface area contributed by atoms with Gasteiger partial charge in [-0.25, -0.2) is 13.8 Å². The smallest absolute Gasteiger partial charge is 0.282 e. The molecule has 2 aromatic carbocycles. The van der Waals surface area contributed by atoms with Gasteiger partial charge in [0.05, 0.1) is 13.1 Å². The summed E-state index contributed by atoms with van der Waals surface area (Å²) < 4.78 is 26.4. The number of nitrogens with zero attached hydrogens (tertiary/aromatic N) is 3. The molecular formula is C23H20F2N4O2. The van der Waals surface area contributed by atoms with Crippen LogP contribution in [-0.2, 0) is 11.2 Å². The Morgan fingerprint density at radius 2 is 1.87 bits per heavy atom. The number of nitrogen functional groups attached to an aromatic ring is 1. The van der Waals surface area contributed by atoms with Crippen LogP contribution in [0.25, 0.3) is 21.9 Å². The van der Waals surface area contributed by atoms with E-state index in [9.17, 15) is 18.4 Å². The number of aromatic nitrogens is 1. The van der Waals surface area contributed by atoms with Gasteiger partial charge in [0.2, 0.25) is 5.91 Å². The average molecular weight is 422 g/mol. The average Bonchev–Trinajstić information content (AvgIpc) is 2.74. The van der Waals surface area contributed by atoms with Crippen LogP contribution in [0.1, 0.15) is 22.3 Å². The quantitative estimate of drug-likeness (QED) is 0.686. The van der Waals surface area contributed by atoms with Crippen LogP contribution < -0.4 is 10.6 Å². The van der Waals surface area contributed by atoms with Gasteiger partial charge in [0.25, 0.3) is 11.8 Å². The summed E-state index contributed by atoms with van der Waals surface area (Å²) >= 11 is 0. The van der Waals surface area contributed by atoms with Crippen molar-refractivity contribution in [2.24, 2.45) is 0 Å². The number of anilines is 2. The third-order valence-electron chi connectivity index (χ3n) is 6.03. The molecule has 0 unspecified atom stereocenters. The van der Waals surface area contributed by atoms with E-state index in [2.05, 4.69) is 4.98 Å². The van der Waals surface area contributed by atoms with Crippen molar-refractivity contribution in [1.82, 2.24) is 9.88 Å². The largest absolute Gasteiger partial charge is 0.383 e. The first kappa shape index (κ1) is 19.4. The van der Waals surface area contributed by atoms with Gasteiger partial charge in [0.15, 0.2) is 0 Å². The Labute approximate surface area is 177 Å². The maximum atomic E-state index is 13.2. The van der Waals surface area contributed by atoms with Crippen LogP contribution in [0.3, 0.4) is 0 Å². The molecule has 31 heavy (non-hydrogen) atoms. The molecule has 0 aliphatic carbocycles. The minimum Gasteiger partial charge on any atom is -0.383 e. The fourth-order valence-electron chi connectivity index (χ4n) is 4.29. The third-order valence-corrected chi connectivity index (χ3v) is 6.03. The van der Waals surface area contributed by atoms with Crippen molar-refractivity contribution < 1.29 is 18.4 Å². The van der Waals surface area contributed by atoms with Crippen LogP contribution in [0.2, 0.25) is 0 Å². The lowest BCUT2D eigenvalue weighted by Crippen LogP contribution is -2.58. The molecule has 8 heteroatoms. The Kier molecular flexibility index (Phi) is 4.22. The van der Waals surface area contributed by atoms with Crippen molar-refractivity contribution in [2.75, 3.05) is 30.8 Å². The molecule has 1 aromatic heterocycles. The van der Waals surface area contributed by atoms with E-state index in [0.717, 1.165) is 32.7 Å². The number of pyridine rings is 1. The summed E-state index contributed by atoms with van der Waals surface area (Å²) in [6.45, 7) is -1.13. The van der Waals surface area contributed by atoms with Gasteiger partial charge >= 0.3 is 0 Å². The molecule has 5 rings (SSSR count). The highest BCUT2D eigenvalue weighted by Crippen LogP contribution is 2.36. The molecule has 2 aliphatic heterocycles. The Morgan fingerprint density at radius 1 is 1.10 bits per heavy atom. The summed E-state index contributed by atoms with van der Waals surface area (Å²) in [5.41, 5.74) is 10.00. The zero-order valence-electron chi connectivity index (χ0n) is 16.9. The van der Waals surface area contributed by atoms with E-state index in [1.165, 1.54) is 0 Å². The number of carbonyl (C=O) groups is 2. The molecule has 3 aromatic rings. The monoisotopic (exact) mass is 422 g/mol. The first-order valence-corrected chi connectivity index (χ1v) is 9.99. The molecule has 2 amide bonds. The Hall–Kier alpha value is -3.55. The van der Waals surface area contributed by atoms with Gasteiger partial charge < -0.3 is 15.5 Å². The molecular weight excluding hydrogens is 402 g/mol. The molecule has 158 valence electrons. The number of hydrogen-bond donors (Lipinski definition) is 1. The zero-order valence-corrected chi connectivity index (χ0v) is 16.9. The van der Waals surface area contributed by atoms with Gasteiger partial charge in [-0.15, -0.1) is 0 Å². The molecule has 0 bridgehead atoms. The lowest BCUT2D eigenvalue weighted by molar-refractivity contribution is -0.118. The number of amides is 2. The number of fused-ring (bicyclic) bond motifs is 2. The van der Waals surface area contributed by atoms with Crippen LogP contribution in [0.4, 0.5) is 20.3 Å². The van der Waals surface area contributed by atoms with Crippen LogP contribution in [0, 0.1) is 0 Å². The molecule has 2 N–H and O–H groups in total. The van der Waals surface area contributed by atoms with E-state index in [4.69, 9.17) is 5.73 Å². The molecule has 0 saturated carbocycles. The standard InChI is InChI=1S/C23H20F2N4O2/c1-28-19-6-3-13(8-14(19)4-7-20(28)30)18-10-27-21(26)16-5-2-15(9-17(16)18)22(31)29-11-23(24,25)12-29/h2-3,5-6,8-10H,4,7,11-12H2,1H3,(H2,26,27). The molecule has 1 fully saturated rings. The number of likely N-dealkylation sites (tertiary alicyclic amines) is 1. The fourth-order valence-corrected chi connectivity index (χ4v) is 4.29. The highest BCUT2D eigenvalue weighted by Gasteiger charge is 2.46. The molecule has 0 radical (unpaired) electrons. The number of aryl methyl sites for hydroxylation is 1. The predicted molar refractivity (Wildman–Crippen MR) is 114 cm³/mol. The number of alkyl halides is 2. The highest BCUT2D eigenvalue weighted by molar-refractivity contribution is 6.06. The van der Waals surface area contributed by atoms with Gasteiger partial charge in [-0.2, -0.15) is 0 Å². The first-order chi connectivity index (χ1) is 14.7. The molecule has 3 heterocycles. The molecule has 6 nitrogen and oxygen atoms in total. The normalized spacial score (nSPS) is 17.5. The molecule has 1 saturated heterocycles. The summed E-state index contributed by atoms with van der Waals surface area (Å²) in [6.07, 6.45) is 2.76. The van der Waals surface area contributed by atoms with Crippen molar-refractivity contribution in [3.05, 3.63) is 53.7 Å². The summed E-state index contributed by atoms with van der Waals surface area (Å²) in [7, 11) is 1.76. The molecule has 0 spiro atoms. The minimum absolute atomic E-state index is 0.0829. The summed E-state index contributed by atoms with van der Waals surface area (Å²) in [4.78, 5) is 31.7. The van der Waals surface area contributed by atoms with E-state index in [1.807, 2.05) is 18.2 Å². The second kappa shape index (κ2) is 6.73. The number of nitrogens with two attached hydrogens (primary N) is 1. The highest BCUT2D eigenvalue weighted by atomic mass is 19.3. The van der Waals surface area contributed by atoms with E-state index in [-0.39, 0.29) is 5.91 Å². The zero-order chi connectivity index (χ0) is 21.9. The van der Waals surface area contributed by atoms with E-state index >= 15 is 0 Å². The second-order valence-electron chi connectivity index (χ2n) is 8.13. The van der Waals surface area contributed by atoms with E-state index < -0.39 is 24.9 Å². The van der Waals surface area contributed by atoms with Gasteiger partial charge in [-0.3, -0.25) is 9.59 Å². The number of benzene rings is 2. The Morgan fingerprint density at radius 3 is 2.61 bits per heavy atom. The van der Waals surface area contributed by atoms with Crippen LogP contribution >= 0.6 is 0 Å². The number of hydrogen-bond acceptors (Lipinski definition) is 4. The van der Waals surface area contributed by atoms with Crippen LogP contribution in [0.5, 0.6) is 0 Å². The lowest BCUT2D eigenvalue weighted by atomic mass is 9.93. The SMILES string of the molecule is CN1C(=O)CCc2cc(-c3cnc(N)c4ccc(C(=O)N5CC(F)(F)C5)cc34)ccc21. The van der Waals surface area contributed by atoms with E-state index in [0.29, 0.717) is 29.6 Å². The van der Waals surface area contributed by atoms with Crippen molar-refractivity contribution in [3.63, 3.8) is 0 Å². The molecule has 2 aliphatic rings. The molecule has 0 atom stereocenters. The first-order valence-electron chi connectivity index (χ1n) is 9.99. The Balaban J connectivity index is 1.58. The maximum Gasteiger partial charge on any atom is 0.282 e. The van der Waals surface area contributed by atoms with Crippen molar-refractivity contribution >= 4 is 34.1 Å². The van der Waals surface area contributed by atoms with Crippen molar-refractivity contribution in [3.8, 4) is 11.1 Å². The van der Waals surface area contributed by atoms with E-state index in [1.54, 1.807) is 36.3 Å². The van der Waals surface area contributed by atoms with Crippen LogP contribution in [-0.4, -0.2) is 47.8 Å². The fraction of sp³-hybridized carbons (Fsp3) is 0.261. The summed E-state index contributed by atoms with van der Waals surface area (Å²) in [5.74, 6) is -2.83. The number of rotatable bonds is 2. The summed E-state index contributed by atoms with van der Waals surface area (Å²) in [5, 5.41) is 1.42. The maximum absolute atomic E-state index is 13.2. The van der Waals surface area contributed by atoms with Gasteiger partial charge in [0, 0.05) is 41.9 Å². The van der Waals surface area contributed by atoms with Crippen molar-refractivity contribution in [1.29, 1.82) is 0 Å². The lowest BCUT2D eigenvalue weighted by Gasteiger charge is -2.38. The van der Waals surface area contributed by atoms with Gasteiger partial charge in [0.1, 0.15) is 5.82 Å². The topological polar surface area (TPSA) is 79.5 Å². The number of halogens is 2. The second-order valence-corrected chi connectivity index (χ2v) is 8.13. The minimum atomic E-state index is -2.82. The third kappa shape index (κ3) is 3.19. The Bertz CT molecular complexity index is 1250. The number of carbonyl (C=O) groups excluding carboxylic acids is 2. The van der Waals surface area contributed by atoms with Crippen LogP contribution in [0.15, 0.2) is 42.6 Å². The van der Waals surface area contributed by atoms with Crippen molar-refractivity contribution in [2.45, 2.75) is 18.8 Å². The van der Waals surface area contributed by atoms with Gasteiger partial charge in [-0.1, -0.05) is 6.07 Å². The predicted octanol–water partition coefficient (Wildman–Crippen LogP) is 3.48. The summed E-state index contributed by atoms with van der Waals surface area (Å²) in [6, 6.07) is 10.8.